The second kappa shape index (κ2) is 4.83. The summed E-state index contributed by atoms with van der Waals surface area (Å²) in [4.78, 5) is 3.89. The van der Waals surface area contributed by atoms with Crippen LogP contribution < -0.4 is 10.5 Å². The van der Waals surface area contributed by atoms with Crippen LogP contribution in [0.2, 0.25) is 0 Å². The number of benzene rings is 1. The Morgan fingerprint density at radius 1 is 1.32 bits per heavy atom. The molecule has 2 rings (SSSR count). The molecular formula is C12H12F3N3O. The highest BCUT2D eigenvalue weighted by molar-refractivity contribution is 5.35. The van der Waals surface area contributed by atoms with Crippen molar-refractivity contribution in [1.82, 2.24) is 9.55 Å². The third-order valence-corrected chi connectivity index (χ3v) is 2.61. The number of nitrogens with two attached hydrogens (primary N) is 1. The topological polar surface area (TPSA) is 53.1 Å². The van der Waals surface area contributed by atoms with Gasteiger partial charge in [-0.2, -0.15) is 0 Å². The van der Waals surface area contributed by atoms with Crippen LogP contribution in [0.3, 0.4) is 0 Å². The maximum absolute atomic E-state index is 12.3. The van der Waals surface area contributed by atoms with Crippen LogP contribution in [-0.4, -0.2) is 15.9 Å². The number of rotatable bonds is 3. The lowest BCUT2D eigenvalue weighted by molar-refractivity contribution is -0.274. The number of halogens is 3. The SMILES string of the molecule is Cc1cnc(N)n1Cc1ccccc1OC(F)(F)F. The molecular weight excluding hydrogens is 259 g/mol. The van der Waals surface area contributed by atoms with E-state index in [2.05, 4.69) is 9.72 Å². The molecule has 0 fully saturated rings. The molecule has 1 heterocycles. The van der Waals surface area contributed by atoms with Gasteiger partial charge < -0.3 is 15.0 Å². The average molecular weight is 271 g/mol. The maximum atomic E-state index is 12.3. The van der Waals surface area contributed by atoms with E-state index in [9.17, 15) is 13.2 Å². The number of anilines is 1. The number of nitrogen functional groups attached to an aromatic ring is 1. The van der Waals surface area contributed by atoms with Crippen molar-refractivity contribution in [1.29, 1.82) is 0 Å². The first kappa shape index (κ1) is 13.3. The summed E-state index contributed by atoms with van der Waals surface area (Å²) in [5.74, 6) is 0.0156. The van der Waals surface area contributed by atoms with Crippen LogP contribution in [0.5, 0.6) is 5.75 Å². The Kier molecular flexibility index (Phi) is 3.37. The lowest BCUT2D eigenvalue weighted by Gasteiger charge is -2.14. The van der Waals surface area contributed by atoms with Gasteiger partial charge in [-0.25, -0.2) is 4.98 Å². The monoisotopic (exact) mass is 271 g/mol. The average Bonchev–Trinajstić information content (AvgIpc) is 2.61. The standard InChI is InChI=1S/C12H12F3N3O/c1-8-6-17-11(16)18(8)7-9-4-2-3-5-10(9)19-12(13,14)15/h2-6H,7H2,1H3,(H2,16,17). The third kappa shape index (κ3) is 3.18. The van der Waals surface area contributed by atoms with Crippen LogP contribution in [0, 0.1) is 6.92 Å². The first-order chi connectivity index (χ1) is 8.87. The first-order valence-corrected chi connectivity index (χ1v) is 5.48. The van der Waals surface area contributed by atoms with Gasteiger partial charge in [0.15, 0.2) is 0 Å². The number of imidazole rings is 1. The maximum Gasteiger partial charge on any atom is 0.573 e. The minimum absolute atomic E-state index is 0.171. The molecule has 1 aromatic carbocycles. The van der Waals surface area contributed by atoms with E-state index in [0.29, 0.717) is 5.56 Å². The Morgan fingerprint density at radius 3 is 2.58 bits per heavy atom. The van der Waals surface area contributed by atoms with E-state index in [4.69, 9.17) is 5.73 Å². The van der Waals surface area contributed by atoms with Gasteiger partial charge >= 0.3 is 6.36 Å². The number of alkyl halides is 3. The second-order valence-corrected chi connectivity index (χ2v) is 4.00. The second-order valence-electron chi connectivity index (χ2n) is 4.00. The van der Waals surface area contributed by atoms with Gasteiger partial charge in [0.2, 0.25) is 5.95 Å². The van der Waals surface area contributed by atoms with Crippen molar-refractivity contribution < 1.29 is 17.9 Å². The van der Waals surface area contributed by atoms with Crippen LogP contribution in [0.25, 0.3) is 0 Å². The predicted octanol–water partition coefficient (Wildman–Crippen LogP) is 2.72. The van der Waals surface area contributed by atoms with Gasteiger partial charge in [-0.05, 0) is 13.0 Å². The molecule has 0 aliphatic carbocycles. The fraction of sp³-hybridized carbons (Fsp3) is 0.250. The van der Waals surface area contributed by atoms with Crippen molar-refractivity contribution in [2.45, 2.75) is 19.8 Å². The Balaban J connectivity index is 2.31. The molecule has 0 aliphatic rings. The number of para-hydroxylation sites is 1. The van der Waals surface area contributed by atoms with Crippen molar-refractivity contribution >= 4 is 5.95 Å². The Labute approximate surface area is 107 Å². The van der Waals surface area contributed by atoms with E-state index in [0.717, 1.165) is 5.69 Å². The summed E-state index contributed by atoms with van der Waals surface area (Å²) < 4.78 is 42.5. The molecule has 2 N–H and O–H groups in total. The van der Waals surface area contributed by atoms with E-state index in [-0.39, 0.29) is 18.2 Å². The zero-order valence-corrected chi connectivity index (χ0v) is 10.1. The molecule has 0 radical (unpaired) electrons. The molecule has 102 valence electrons. The highest BCUT2D eigenvalue weighted by Gasteiger charge is 2.32. The molecule has 0 atom stereocenters. The van der Waals surface area contributed by atoms with Crippen molar-refractivity contribution in [3.05, 3.63) is 41.7 Å². The van der Waals surface area contributed by atoms with Gasteiger partial charge in [0, 0.05) is 11.3 Å². The smallest absolute Gasteiger partial charge is 0.405 e. The number of hydrogen-bond donors (Lipinski definition) is 1. The Bertz CT molecular complexity index is 558. The quantitative estimate of drug-likeness (QED) is 0.933. The molecule has 1 aromatic heterocycles. The third-order valence-electron chi connectivity index (χ3n) is 2.61. The molecule has 0 spiro atoms. The summed E-state index contributed by atoms with van der Waals surface area (Å²) in [5.41, 5.74) is 6.80. The van der Waals surface area contributed by atoms with Gasteiger partial charge in [-0.3, -0.25) is 0 Å². The summed E-state index contributed by atoms with van der Waals surface area (Å²) in [6, 6.07) is 5.95. The van der Waals surface area contributed by atoms with Gasteiger partial charge in [-0.1, -0.05) is 18.2 Å². The van der Waals surface area contributed by atoms with E-state index in [1.54, 1.807) is 29.8 Å². The van der Waals surface area contributed by atoms with Gasteiger partial charge in [0.05, 0.1) is 12.7 Å². The summed E-state index contributed by atoms with van der Waals surface area (Å²) in [5, 5.41) is 0. The fourth-order valence-electron chi connectivity index (χ4n) is 1.71. The van der Waals surface area contributed by atoms with Crippen molar-refractivity contribution in [2.24, 2.45) is 0 Å². The molecule has 19 heavy (non-hydrogen) atoms. The fourth-order valence-corrected chi connectivity index (χ4v) is 1.71. The van der Waals surface area contributed by atoms with Crippen LogP contribution >= 0.6 is 0 Å². The molecule has 4 nitrogen and oxygen atoms in total. The summed E-state index contributed by atoms with van der Waals surface area (Å²) in [6.45, 7) is 1.94. The molecule has 0 aliphatic heterocycles. The molecule has 7 heteroatoms. The van der Waals surface area contributed by atoms with Crippen LogP contribution in [-0.2, 0) is 6.54 Å². The molecule has 2 aromatic rings. The van der Waals surface area contributed by atoms with Crippen molar-refractivity contribution in [2.75, 3.05) is 5.73 Å². The first-order valence-electron chi connectivity index (χ1n) is 5.48. The van der Waals surface area contributed by atoms with E-state index in [1.165, 1.54) is 12.1 Å². The van der Waals surface area contributed by atoms with Gasteiger partial charge in [0.1, 0.15) is 5.75 Å². The highest BCUT2D eigenvalue weighted by Crippen LogP contribution is 2.27. The Hall–Kier alpha value is -2.18. The van der Waals surface area contributed by atoms with Crippen LogP contribution in [0.1, 0.15) is 11.3 Å². The normalized spacial score (nSPS) is 11.6. The number of aryl methyl sites for hydroxylation is 1. The highest BCUT2D eigenvalue weighted by atomic mass is 19.4. The number of aromatic nitrogens is 2. The van der Waals surface area contributed by atoms with Gasteiger partial charge in [0.25, 0.3) is 0 Å². The molecule has 0 amide bonds. The zero-order chi connectivity index (χ0) is 14.0. The lowest BCUT2D eigenvalue weighted by Crippen LogP contribution is -2.18. The van der Waals surface area contributed by atoms with E-state index in [1.807, 2.05) is 0 Å². The molecule has 0 unspecified atom stereocenters. The lowest BCUT2D eigenvalue weighted by atomic mass is 10.2. The number of ether oxygens (including phenoxy) is 1. The zero-order valence-electron chi connectivity index (χ0n) is 10.1. The van der Waals surface area contributed by atoms with Gasteiger partial charge in [-0.15, -0.1) is 13.2 Å². The predicted molar refractivity (Wildman–Crippen MR) is 63.6 cm³/mol. The van der Waals surface area contributed by atoms with Crippen molar-refractivity contribution in [3.63, 3.8) is 0 Å². The minimum atomic E-state index is -4.72. The van der Waals surface area contributed by atoms with Crippen molar-refractivity contribution in [3.8, 4) is 5.75 Å². The largest absolute Gasteiger partial charge is 0.573 e. The molecule has 0 saturated carbocycles. The van der Waals surface area contributed by atoms with Crippen LogP contribution in [0.15, 0.2) is 30.5 Å². The molecule has 0 bridgehead atoms. The summed E-state index contributed by atoms with van der Waals surface area (Å²) >= 11 is 0. The number of hydrogen-bond acceptors (Lipinski definition) is 3. The summed E-state index contributed by atoms with van der Waals surface area (Å²) in [7, 11) is 0. The number of nitrogens with zero attached hydrogens (tertiary/aromatic N) is 2. The van der Waals surface area contributed by atoms with Crippen LogP contribution in [0.4, 0.5) is 19.1 Å². The minimum Gasteiger partial charge on any atom is -0.405 e. The summed E-state index contributed by atoms with van der Waals surface area (Å²) in [6.07, 6.45) is -3.16. The molecule has 0 saturated heterocycles. The Morgan fingerprint density at radius 2 is 2.00 bits per heavy atom. The van der Waals surface area contributed by atoms with E-state index < -0.39 is 6.36 Å². The van der Waals surface area contributed by atoms with E-state index >= 15 is 0 Å².